The molecular weight excluding hydrogens is 1080 g/mol. The molecule has 0 aromatic heterocycles. The summed E-state index contributed by atoms with van der Waals surface area (Å²) in [6.07, 6.45) is 31.1. The Labute approximate surface area is 492 Å². The van der Waals surface area contributed by atoms with E-state index in [-0.39, 0.29) is 25.7 Å². The van der Waals surface area contributed by atoms with E-state index in [1.807, 2.05) is 0 Å². The Hall–Kier alpha value is -1.94. The van der Waals surface area contributed by atoms with Gasteiger partial charge in [0.15, 0.2) is 12.2 Å². The molecule has 0 fully saturated rings. The zero-order chi connectivity index (χ0) is 60.4. The lowest BCUT2D eigenvalue weighted by Gasteiger charge is -2.21. The minimum absolute atomic E-state index is 0.101. The average molecular weight is 1200 g/mol. The second-order valence-corrected chi connectivity index (χ2v) is 27.3. The van der Waals surface area contributed by atoms with Crippen LogP contribution >= 0.6 is 15.6 Å². The van der Waals surface area contributed by atoms with Crippen molar-refractivity contribution in [3.05, 3.63) is 0 Å². The first-order valence-electron chi connectivity index (χ1n) is 32.2. The molecule has 0 amide bonds. The van der Waals surface area contributed by atoms with Gasteiger partial charge in [0, 0.05) is 25.7 Å². The van der Waals surface area contributed by atoms with Crippen molar-refractivity contribution >= 4 is 39.5 Å². The van der Waals surface area contributed by atoms with Crippen LogP contribution in [0, 0.1) is 23.7 Å². The molecule has 3 N–H and O–H groups in total. The van der Waals surface area contributed by atoms with Gasteiger partial charge in [0.25, 0.3) is 0 Å². The van der Waals surface area contributed by atoms with E-state index in [4.69, 9.17) is 37.0 Å². The number of carbonyl (C=O) groups is 4. The van der Waals surface area contributed by atoms with Crippen molar-refractivity contribution in [3.63, 3.8) is 0 Å². The summed E-state index contributed by atoms with van der Waals surface area (Å²) in [7, 11) is -9.88. The molecule has 0 rings (SSSR count). The summed E-state index contributed by atoms with van der Waals surface area (Å²) in [6.45, 7) is 13.8. The van der Waals surface area contributed by atoms with E-state index >= 15 is 0 Å². The molecule has 0 saturated heterocycles. The van der Waals surface area contributed by atoms with Gasteiger partial charge in [-0.25, -0.2) is 9.13 Å². The first kappa shape index (κ1) is 79.1. The third kappa shape index (κ3) is 56.9. The number of aliphatic hydroxyl groups excluding tert-OH is 1. The minimum Gasteiger partial charge on any atom is -0.462 e. The number of hydrogen-bond acceptors (Lipinski definition) is 15. The van der Waals surface area contributed by atoms with Crippen molar-refractivity contribution in [2.75, 3.05) is 39.6 Å². The Bertz CT molecular complexity index is 1630. The fourth-order valence-electron chi connectivity index (χ4n) is 9.08. The van der Waals surface area contributed by atoms with Crippen molar-refractivity contribution < 1.29 is 80.2 Å². The number of rotatable bonds is 59. The topological polar surface area (TPSA) is 237 Å². The van der Waals surface area contributed by atoms with Crippen LogP contribution in [0.4, 0.5) is 0 Å². The Morgan fingerprint density at radius 2 is 0.519 bits per heavy atom. The second-order valence-electron chi connectivity index (χ2n) is 24.3. The first-order valence-corrected chi connectivity index (χ1v) is 35.2. The highest BCUT2D eigenvalue weighted by Crippen LogP contribution is 2.45. The molecule has 0 bridgehead atoms. The molecule has 5 atom stereocenters. The maximum absolute atomic E-state index is 12.9. The zero-order valence-electron chi connectivity index (χ0n) is 52.4. The van der Waals surface area contributed by atoms with Crippen molar-refractivity contribution in [1.29, 1.82) is 0 Å². The number of esters is 4. The molecule has 0 aliphatic heterocycles. The van der Waals surface area contributed by atoms with Gasteiger partial charge in [-0.3, -0.25) is 37.3 Å². The molecule has 17 nitrogen and oxygen atoms in total. The Balaban J connectivity index is 5.24. The van der Waals surface area contributed by atoms with Crippen LogP contribution in [-0.4, -0.2) is 96.7 Å². The molecule has 81 heavy (non-hydrogen) atoms. The number of unbranched alkanes of at least 4 members (excludes halogenated alkanes) is 25. The predicted molar refractivity (Wildman–Crippen MR) is 321 cm³/mol. The summed E-state index contributed by atoms with van der Waals surface area (Å²) in [5, 5.41) is 10.5. The average Bonchev–Trinajstić information content (AvgIpc) is 3.40. The molecule has 0 spiro atoms. The monoisotopic (exact) mass is 1200 g/mol. The molecule has 19 heteroatoms. The van der Waals surface area contributed by atoms with Crippen molar-refractivity contribution in [2.24, 2.45) is 23.7 Å². The largest absolute Gasteiger partial charge is 0.472 e. The fourth-order valence-corrected chi connectivity index (χ4v) is 10.7. The van der Waals surface area contributed by atoms with Crippen LogP contribution in [-0.2, 0) is 65.4 Å². The molecule has 0 radical (unpaired) electrons. The van der Waals surface area contributed by atoms with Gasteiger partial charge in [0.1, 0.15) is 19.3 Å². The summed E-state index contributed by atoms with van der Waals surface area (Å²) in [4.78, 5) is 72.1. The maximum Gasteiger partial charge on any atom is 0.472 e. The van der Waals surface area contributed by atoms with E-state index in [2.05, 4.69) is 55.4 Å². The molecule has 0 saturated carbocycles. The van der Waals surface area contributed by atoms with Gasteiger partial charge in [0.05, 0.1) is 26.4 Å². The summed E-state index contributed by atoms with van der Waals surface area (Å²) in [5.41, 5.74) is 0. The van der Waals surface area contributed by atoms with Gasteiger partial charge < -0.3 is 33.8 Å². The van der Waals surface area contributed by atoms with E-state index in [9.17, 15) is 43.2 Å². The van der Waals surface area contributed by atoms with Crippen molar-refractivity contribution in [2.45, 2.75) is 311 Å². The number of phosphoric acid groups is 2. The number of carbonyl (C=O) groups excluding carboxylic acids is 4. The quantitative estimate of drug-likeness (QED) is 0.0222. The Kier molecular flexibility index (Phi) is 51.1. The molecule has 0 aromatic rings. The molecule has 0 aliphatic rings. The van der Waals surface area contributed by atoms with Crippen molar-refractivity contribution in [1.82, 2.24) is 0 Å². The zero-order valence-corrected chi connectivity index (χ0v) is 54.2. The first-order chi connectivity index (χ1) is 38.6. The third-order valence-corrected chi connectivity index (χ3v) is 16.0. The van der Waals surface area contributed by atoms with Gasteiger partial charge >= 0.3 is 39.5 Å². The number of ether oxygens (including phenoxy) is 4. The van der Waals surface area contributed by atoms with Gasteiger partial charge in [0.2, 0.25) is 0 Å². The number of aliphatic hydroxyl groups is 1. The Morgan fingerprint density at radius 3 is 0.765 bits per heavy atom. The van der Waals surface area contributed by atoms with Crippen LogP contribution in [0.5, 0.6) is 0 Å². The van der Waals surface area contributed by atoms with Crippen LogP contribution in [0.3, 0.4) is 0 Å². The van der Waals surface area contributed by atoms with E-state index in [1.54, 1.807) is 0 Å². The molecule has 3 unspecified atom stereocenters. The molecule has 0 aliphatic carbocycles. The highest BCUT2D eigenvalue weighted by Gasteiger charge is 2.30. The fraction of sp³-hybridized carbons (Fsp3) is 0.935. The third-order valence-electron chi connectivity index (χ3n) is 14.1. The number of hydrogen-bond donors (Lipinski definition) is 3. The molecule has 0 aromatic carbocycles. The summed E-state index contributed by atoms with van der Waals surface area (Å²) >= 11 is 0. The van der Waals surface area contributed by atoms with E-state index in [1.165, 1.54) is 89.9 Å². The Morgan fingerprint density at radius 1 is 0.309 bits per heavy atom. The van der Waals surface area contributed by atoms with Crippen LogP contribution in [0.25, 0.3) is 0 Å². The lowest BCUT2D eigenvalue weighted by atomic mass is 10.0. The predicted octanol–water partition coefficient (Wildman–Crippen LogP) is 16.6. The summed E-state index contributed by atoms with van der Waals surface area (Å²) < 4.78 is 67.8. The highest BCUT2D eigenvalue weighted by molar-refractivity contribution is 7.47. The molecular formula is C62H120O17P2. The van der Waals surface area contributed by atoms with Crippen LogP contribution < -0.4 is 0 Å². The van der Waals surface area contributed by atoms with E-state index in [0.29, 0.717) is 37.5 Å². The lowest BCUT2D eigenvalue weighted by molar-refractivity contribution is -0.161. The summed E-state index contributed by atoms with van der Waals surface area (Å²) in [6, 6.07) is 0. The lowest BCUT2D eigenvalue weighted by Crippen LogP contribution is -2.30. The smallest absolute Gasteiger partial charge is 0.462 e. The van der Waals surface area contributed by atoms with Gasteiger partial charge in [-0.15, -0.1) is 0 Å². The second kappa shape index (κ2) is 52.4. The van der Waals surface area contributed by atoms with Crippen LogP contribution in [0.1, 0.15) is 293 Å². The van der Waals surface area contributed by atoms with Gasteiger partial charge in [-0.1, -0.05) is 242 Å². The molecule has 0 heterocycles. The number of phosphoric ester groups is 2. The van der Waals surface area contributed by atoms with E-state index in [0.717, 1.165) is 108 Å². The summed E-state index contributed by atoms with van der Waals surface area (Å²) in [5.74, 6) is 0.671. The molecule has 480 valence electrons. The standard InChI is InChI=1S/C62H120O17P2/c1-52(2)38-30-22-14-9-11-17-26-34-42-59(64)72-49-58(79-62(67)45-37-29-21-20-25-33-41-55(7)8)51-77-81(70,71)75-47-56(63)46-74-80(68,69)76-50-57(48-73-60(65)43-35-27-19-13-16-24-32-40-54(5)6)78-61(66)44-36-28-18-12-10-15-23-31-39-53(3)4/h52-58,63H,9-51H2,1-8H3,(H,68,69)(H,70,71)/t56?,57-,58-/m1/s1. The normalized spacial score (nSPS) is 14.5. The maximum atomic E-state index is 12.9. The highest BCUT2D eigenvalue weighted by atomic mass is 31.2. The van der Waals surface area contributed by atoms with Gasteiger partial charge in [-0.05, 0) is 49.4 Å². The van der Waals surface area contributed by atoms with Crippen LogP contribution in [0.2, 0.25) is 0 Å². The van der Waals surface area contributed by atoms with Crippen LogP contribution in [0.15, 0.2) is 0 Å². The SMILES string of the molecule is CC(C)CCCCCCCCCCC(=O)OC[C@H](COP(=O)(O)OCC(O)COP(=O)(O)OC[C@@H](COC(=O)CCCCCCCCCC(C)C)OC(=O)CCCCCCCCCCC(C)C)OC(=O)CCCCCCCCC(C)C. The van der Waals surface area contributed by atoms with Gasteiger partial charge in [-0.2, -0.15) is 0 Å². The van der Waals surface area contributed by atoms with Crippen molar-refractivity contribution in [3.8, 4) is 0 Å². The van der Waals surface area contributed by atoms with E-state index < -0.39 is 97.5 Å². The minimum atomic E-state index is -4.94.